The number of piperazine rings is 1. The number of rotatable bonds is 3. The number of aromatic nitrogens is 2. The maximum Gasteiger partial charge on any atom is 0.242 e. The van der Waals surface area contributed by atoms with Crippen molar-refractivity contribution in [2.45, 2.75) is 25.8 Å². The number of carbonyl (C=O) groups excluding carboxylic acids is 1. The first-order valence-electron chi connectivity index (χ1n) is 6.01. The van der Waals surface area contributed by atoms with E-state index in [4.69, 9.17) is 0 Å². The Morgan fingerprint density at radius 2 is 2.29 bits per heavy atom. The lowest BCUT2D eigenvalue weighted by Crippen LogP contribution is -2.61. The monoisotopic (exact) mass is 236 g/mol. The average molecular weight is 236 g/mol. The van der Waals surface area contributed by atoms with Crippen LogP contribution in [-0.4, -0.2) is 45.5 Å². The van der Waals surface area contributed by atoms with E-state index < -0.39 is 5.54 Å². The van der Waals surface area contributed by atoms with Crippen LogP contribution in [0.1, 0.15) is 19.7 Å². The zero-order valence-corrected chi connectivity index (χ0v) is 10.7. The minimum atomic E-state index is -0.431. The Bertz CT molecular complexity index is 410. The molecule has 0 saturated carbocycles. The van der Waals surface area contributed by atoms with Gasteiger partial charge in [-0.05, 0) is 13.8 Å². The van der Waals surface area contributed by atoms with Gasteiger partial charge in [0.15, 0.2) is 0 Å². The standard InChI is InChI=1S/C12H20N4O/c1-12(2)11(17)16(9-6-14-12)7-4-10-13-5-8-15(10)3/h5,8,14H,4,6-7,9H2,1-3H3. The lowest BCUT2D eigenvalue weighted by Gasteiger charge is -2.38. The molecule has 1 aliphatic rings. The maximum atomic E-state index is 12.1. The first-order chi connectivity index (χ1) is 8.00. The molecule has 5 nitrogen and oxygen atoms in total. The van der Waals surface area contributed by atoms with Gasteiger partial charge in [-0.2, -0.15) is 0 Å². The highest BCUT2D eigenvalue weighted by Crippen LogP contribution is 2.12. The summed E-state index contributed by atoms with van der Waals surface area (Å²) in [7, 11) is 1.98. The van der Waals surface area contributed by atoms with E-state index in [1.807, 2.05) is 36.6 Å². The van der Waals surface area contributed by atoms with Gasteiger partial charge in [0, 0.05) is 45.5 Å². The molecule has 0 spiro atoms. The van der Waals surface area contributed by atoms with Gasteiger partial charge in [-0.25, -0.2) is 4.98 Å². The molecule has 2 rings (SSSR count). The molecule has 1 fully saturated rings. The SMILES string of the molecule is Cn1ccnc1CCN1CCNC(C)(C)C1=O. The molecule has 0 unspecified atom stereocenters. The summed E-state index contributed by atoms with van der Waals surface area (Å²) in [6, 6.07) is 0. The van der Waals surface area contributed by atoms with Crippen molar-refractivity contribution in [1.29, 1.82) is 0 Å². The summed E-state index contributed by atoms with van der Waals surface area (Å²) in [5.41, 5.74) is -0.431. The molecule has 1 amide bonds. The zero-order valence-electron chi connectivity index (χ0n) is 10.7. The van der Waals surface area contributed by atoms with E-state index in [1.54, 1.807) is 6.20 Å². The minimum Gasteiger partial charge on any atom is -0.339 e. The van der Waals surface area contributed by atoms with Crippen LogP contribution in [0.25, 0.3) is 0 Å². The van der Waals surface area contributed by atoms with Crippen molar-refractivity contribution in [3.63, 3.8) is 0 Å². The Morgan fingerprint density at radius 1 is 1.53 bits per heavy atom. The Morgan fingerprint density at radius 3 is 2.94 bits per heavy atom. The van der Waals surface area contributed by atoms with Gasteiger partial charge < -0.3 is 14.8 Å². The predicted octanol–water partition coefficient (Wildman–Crippen LogP) is 0.173. The molecule has 94 valence electrons. The van der Waals surface area contributed by atoms with Crippen LogP contribution < -0.4 is 5.32 Å². The summed E-state index contributed by atoms with van der Waals surface area (Å²) < 4.78 is 2.00. The molecule has 1 N–H and O–H groups in total. The first-order valence-corrected chi connectivity index (χ1v) is 6.01. The normalized spacial score (nSPS) is 19.7. The number of nitrogens with one attached hydrogen (secondary N) is 1. The van der Waals surface area contributed by atoms with Crippen LogP contribution in [0.4, 0.5) is 0 Å². The van der Waals surface area contributed by atoms with Crippen molar-refractivity contribution in [2.24, 2.45) is 7.05 Å². The molecular weight excluding hydrogens is 216 g/mol. The highest BCUT2D eigenvalue weighted by Gasteiger charge is 2.34. The molecule has 17 heavy (non-hydrogen) atoms. The van der Waals surface area contributed by atoms with E-state index in [1.165, 1.54) is 0 Å². The second kappa shape index (κ2) is 4.49. The van der Waals surface area contributed by atoms with E-state index in [0.717, 1.165) is 31.9 Å². The van der Waals surface area contributed by atoms with Gasteiger partial charge in [-0.3, -0.25) is 4.79 Å². The second-order valence-corrected chi connectivity index (χ2v) is 5.05. The van der Waals surface area contributed by atoms with Crippen molar-refractivity contribution in [3.05, 3.63) is 18.2 Å². The van der Waals surface area contributed by atoms with E-state index in [-0.39, 0.29) is 5.91 Å². The number of carbonyl (C=O) groups is 1. The van der Waals surface area contributed by atoms with Crippen LogP contribution in [-0.2, 0) is 18.3 Å². The third-order valence-corrected chi connectivity index (χ3v) is 3.30. The van der Waals surface area contributed by atoms with Gasteiger partial charge >= 0.3 is 0 Å². The summed E-state index contributed by atoms with van der Waals surface area (Å²) in [6.07, 6.45) is 4.53. The lowest BCUT2D eigenvalue weighted by atomic mass is 10.0. The minimum absolute atomic E-state index is 0.179. The van der Waals surface area contributed by atoms with E-state index >= 15 is 0 Å². The Balaban J connectivity index is 1.95. The number of nitrogens with zero attached hydrogens (tertiary/aromatic N) is 3. The molecule has 0 atom stereocenters. The van der Waals surface area contributed by atoms with Crippen molar-refractivity contribution < 1.29 is 4.79 Å². The van der Waals surface area contributed by atoms with E-state index in [2.05, 4.69) is 10.3 Å². The summed E-state index contributed by atoms with van der Waals surface area (Å²) in [6.45, 7) is 6.26. The maximum absolute atomic E-state index is 12.1. The Kier molecular flexibility index (Phi) is 3.19. The Hall–Kier alpha value is -1.36. The highest BCUT2D eigenvalue weighted by atomic mass is 16.2. The van der Waals surface area contributed by atoms with E-state index in [0.29, 0.717) is 0 Å². The molecule has 2 heterocycles. The van der Waals surface area contributed by atoms with Crippen molar-refractivity contribution in [2.75, 3.05) is 19.6 Å². The topological polar surface area (TPSA) is 50.2 Å². The van der Waals surface area contributed by atoms with Gasteiger partial charge in [0.1, 0.15) is 5.82 Å². The van der Waals surface area contributed by atoms with Gasteiger partial charge in [-0.15, -0.1) is 0 Å². The number of hydrogen-bond acceptors (Lipinski definition) is 3. The van der Waals surface area contributed by atoms with Gasteiger partial charge in [0.2, 0.25) is 5.91 Å². The van der Waals surface area contributed by atoms with Crippen LogP contribution in [0.2, 0.25) is 0 Å². The Labute approximate surface area is 102 Å². The molecule has 1 aromatic rings. The number of amides is 1. The molecule has 1 aliphatic heterocycles. The lowest BCUT2D eigenvalue weighted by molar-refractivity contribution is -0.139. The summed E-state index contributed by atoms with van der Waals surface area (Å²) >= 11 is 0. The van der Waals surface area contributed by atoms with Crippen LogP contribution in [0, 0.1) is 0 Å². The first kappa shape index (κ1) is 12.1. The van der Waals surface area contributed by atoms with Crippen molar-refractivity contribution in [3.8, 4) is 0 Å². The summed E-state index contributed by atoms with van der Waals surface area (Å²) in [5, 5.41) is 3.23. The molecule has 1 aromatic heterocycles. The molecule has 0 radical (unpaired) electrons. The second-order valence-electron chi connectivity index (χ2n) is 5.05. The third kappa shape index (κ3) is 2.49. The quantitative estimate of drug-likeness (QED) is 0.814. The highest BCUT2D eigenvalue weighted by molar-refractivity contribution is 5.86. The van der Waals surface area contributed by atoms with Gasteiger partial charge in [0.05, 0.1) is 5.54 Å². The molecule has 1 saturated heterocycles. The fourth-order valence-electron chi connectivity index (χ4n) is 2.16. The fourth-order valence-corrected chi connectivity index (χ4v) is 2.16. The molecule has 0 aromatic carbocycles. The molecule has 5 heteroatoms. The average Bonchev–Trinajstić information content (AvgIpc) is 2.66. The van der Waals surface area contributed by atoms with Crippen LogP contribution in [0.5, 0.6) is 0 Å². The van der Waals surface area contributed by atoms with E-state index in [9.17, 15) is 4.79 Å². The fraction of sp³-hybridized carbons (Fsp3) is 0.667. The van der Waals surface area contributed by atoms with Crippen LogP contribution in [0.3, 0.4) is 0 Å². The zero-order chi connectivity index (χ0) is 12.5. The summed E-state index contributed by atoms with van der Waals surface area (Å²) in [5.74, 6) is 1.20. The number of aryl methyl sites for hydroxylation is 1. The van der Waals surface area contributed by atoms with Crippen molar-refractivity contribution >= 4 is 5.91 Å². The smallest absolute Gasteiger partial charge is 0.242 e. The predicted molar refractivity (Wildman–Crippen MR) is 65.6 cm³/mol. The summed E-state index contributed by atoms with van der Waals surface area (Å²) in [4.78, 5) is 18.3. The third-order valence-electron chi connectivity index (χ3n) is 3.30. The largest absolute Gasteiger partial charge is 0.339 e. The number of imidazole rings is 1. The van der Waals surface area contributed by atoms with Crippen LogP contribution in [0.15, 0.2) is 12.4 Å². The van der Waals surface area contributed by atoms with Gasteiger partial charge in [0.25, 0.3) is 0 Å². The molecular formula is C12H20N4O. The van der Waals surface area contributed by atoms with Crippen molar-refractivity contribution in [1.82, 2.24) is 19.8 Å². The van der Waals surface area contributed by atoms with Gasteiger partial charge in [-0.1, -0.05) is 0 Å². The molecule has 0 aliphatic carbocycles. The molecule has 0 bridgehead atoms. The van der Waals surface area contributed by atoms with Crippen LogP contribution >= 0.6 is 0 Å². The number of hydrogen-bond donors (Lipinski definition) is 1.